The molecule has 1 aromatic rings. The molecule has 1 aliphatic rings. The second-order valence-electron chi connectivity index (χ2n) is 4.10. The van der Waals surface area contributed by atoms with Crippen LogP contribution in [0, 0.1) is 11.6 Å². The van der Waals surface area contributed by atoms with E-state index in [9.17, 15) is 25.9 Å². The van der Waals surface area contributed by atoms with Gasteiger partial charge in [-0.25, -0.2) is 8.78 Å². The third kappa shape index (κ3) is 2.37. The van der Waals surface area contributed by atoms with Crippen molar-refractivity contribution in [2.24, 2.45) is 0 Å². The number of nitrogens with zero attached hydrogens (tertiary/aromatic N) is 1. The van der Waals surface area contributed by atoms with E-state index in [0.717, 1.165) is 17.0 Å². The summed E-state index contributed by atoms with van der Waals surface area (Å²) < 4.78 is 60.5. The molecule has 2 rings (SSSR count). The molecule has 1 aliphatic heterocycles. The topological polar surface area (TPSA) is 80.5 Å². The molecule has 0 saturated carbocycles. The number of halogens is 3. The average Bonchev–Trinajstić information content (AvgIpc) is 2.68. The summed E-state index contributed by atoms with van der Waals surface area (Å²) in [5.74, 6) is -3.25. The summed E-state index contributed by atoms with van der Waals surface area (Å²) in [6.45, 7) is -0.479. The van der Waals surface area contributed by atoms with E-state index < -0.39 is 51.7 Å². The highest BCUT2D eigenvalue weighted by atomic mass is 32.3. The van der Waals surface area contributed by atoms with E-state index in [4.69, 9.17) is 5.73 Å². The standard InChI is InChI=1S/C10H9F3N2O3S/c11-6-1-2-7(10(14)9(6)12)15-4-5(3-8(15)16)19(13,17)18/h1-2,5H,3-4,14H2. The number of nitrogen functional groups attached to an aromatic ring is 1. The quantitative estimate of drug-likeness (QED) is 0.650. The van der Waals surface area contributed by atoms with Gasteiger partial charge in [-0.2, -0.15) is 8.42 Å². The van der Waals surface area contributed by atoms with Gasteiger partial charge in [0.25, 0.3) is 0 Å². The lowest BCUT2D eigenvalue weighted by Gasteiger charge is -2.18. The first-order chi connectivity index (χ1) is 8.71. The number of benzene rings is 1. The van der Waals surface area contributed by atoms with Crippen molar-refractivity contribution in [3.05, 3.63) is 23.8 Å². The predicted octanol–water partition coefficient (Wildman–Crippen LogP) is 0.952. The van der Waals surface area contributed by atoms with Crippen LogP contribution in [-0.2, 0) is 15.0 Å². The Labute approximate surface area is 107 Å². The predicted molar refractivity (Wildman–Crippen MR) is 61.6 cm³/mol. The van der Waals surface area contributed by atoms with Gasteiger partial charge in [0.1, 0.15) is 5.25 Å². The van der Waals surface area contributed by atoms with E-state index in [-0.39, 0.29) is 5.69 Å². The number of amides is 1. The molecule has 19 heavy (non-hydrogen) atoms. The van der Waals surface area contributed by atoms with E-state index in [1.807, 2.05) is 0 Å². The molecule has 0 aliphatic carbocycles. The number of rotatable bonds is 2. The molecular weight excluding hydrogens is 285 g/mol. The van der Waals surface area contributed by atoms with Crippen molar-refractivity contribution in [1.29, 1.82) is 0 Å². The van der Waals surface area contributed by atoms with Crippen LogP contribution in [0.25, 0.3) is 0 Å². The Morgan fingerprint density at radius 2 is 1.95 bits per heavy atom. The fourth-order valence-electron chi connectivity index (χ4n) is 1.89. The number of hydrogen-bond donors (Lipinski definition) is 1. The van der Waals surface area contributed by atoms with Gasteiger partial charge in [0.15, 0.2) is 11.6 Å². The van der Waals surface area contributed by atoms with Crippen molar-refractivity contribution in [2.75, 3.05) is 17.2 Å². The van der Waals surface area contributed by atoms with E-state index in [1.165, 1.54) is 0 Å². The lowest BCUT2D eigenvalue weighted by atomic mass is 10.2. The third-order valence-corrected chi connectivity index (χ3v) is 4.00. The van der Waals surface area contributed by atoms with Gasteiger partial charge in [-0.05, 0) is 12.1 Å². The summed E-state index contributed by atoms with van der Waals surface area (Å²) in [7, 11) is -4.88. The van der Waals surface area contributed by atoms with Crippen molar-refractivity contribution >= 4 is 27.5 Å². The van der Waals surface area contributed by atoms with Gasteiger partial charge in [0.05, 0.1) is 11.4 Å². The van der Waals surface area contributed by atoms with E-state index in [1.54, 1.807) is 0 Å². The molecule has 1 heterocycles. The molecule has 1 saturated heterocycles. The highest BCUT2D eigenvalue weighted by Gasteiger charge is 2.40. The minimum atomic E-state index is -4.88. The van der Waals surface area contributed by atoms with Crippen molar-refractivity contribution in [1.82, 2.24) is 0 Å². The molecule has 0 spiro atoms. The molecule has 1 aromatic carbocycles. The average molecular weight is 294 g/mol. The van der Waals surface area contributed by atoms with Gasteiger partial charge in [0.2, 0.25) is 5.91 Å². The maximum atomic E-state index is 13.3. The van der Waals surface area contributed by atoms with Gasteiger partial charge in [-0.15, -0.1) is 3.89 Å². The monoisotopic (exact) mass is 294 g/mol. The van der Waals surface area contributed by atoms with Crippen molar-refractivity contribution < 1.29 is 25.9 Å². The fourth-order valence-corrected chi connectivity index (χ4v) is 2.56. The highest BCUT2D eigenvalue weighted by molar-refractivity contribution is 7.87. The molecule has 2 N–H and O–H groups in total. The Morgan fingerprint density at radius 1 is 1.32 bits per heavy atom. The SMILES string of the molecule is Nc1c(N2CC(S(=O)(=O)F)CC2=O)ccc(F)c1F. The zero-order chi connectivity index (χ0) is 14.4. The number of carbonyl (C=O) groups excluding carboxylic acids is 1. The molecule has 1 atom stereocenters. The maximum absolute atomic E-state index is 13.3. The van der Waals surface area contributed by atoms with Gasteiger partial charge < -0.3 is 10.6 Å². The minimum Gasteiger partial charge on any atom is -0.395 e. The van der Waals surface area contributed by atoms with Crippen molar-refractivity contribution in [3.63, 3.8) is 0 Å². The Bertz CT molecular complexity index is 648. The Morgan fingerprint density at radius 3 is 2.47 bits per heavy atom. The summed E-state index contributed by atoms with van der Waals surface area (Å²) in [6, 6.07) is 1.80. The largest absolute Gasteiger partial charge is 0.395 e. The summed E-state index contributed by atoms with van der Waals surface area (Å²) in [6.07, 6.45) is -0.558. The molecule has 0 bridgehead atoms. The van der Waals surface area contributed by atoms with Crippen LogP contribution >= 0.6 is 0 Å². The van der Waals surface area contributed by atoms with Crippen LogP contribution in [0.1, 0.15) is 6.42 Å². The summed E-state index contributed by atoms with van der Waals surface area (Å²) in [5.41, 5.74) is 4.54. The summed E-state index contributed by atoms with van der Waals surface area (Å²) in [4.78, 5) is 12.4. The van der Waals surface area contributed by atoms with Gasteiger partial charge >= 0.3 is 10.2 Å². The normalized spacial score (nSPS) is 20.1. The first kappa shape index (κ1) is 13.7. The van der Waals surface area contributed by atoms with Crippen LogP contribution in [0.4, 0.5) is 24.0 Å². The van der Waals surface area contributed by atoms with Crippen LogP contribution in [0.3, 0.4) is 0 Å². The third-order valence-electron chi connectivity index (χ3n) is 2.89. The minimum absolute atomic E-state index is 0.171. The van der Waals surface area contributed by atoms with E-state index in [0.29, 0.717) is 0 Å². The molecule has 1 fully saturated rings. The second-order valence-corrected chi connectivity index (χ2v) is 5.72. The number of nitrogens with two attached hydrogens (primary N) is 1. The van der Waals surface area contributed by atoms with Crippen LogP contribution in [0.15, 0.2) is 12.1 Å². The Hall–Kier alpha value is -1.77. The molecule has 0 radical (unpaired) electrons. The van der Waals surface area contributed by atoms with Crippen LogP contribution in [-0.4, -0.2) is 26.1 Å². The Kier molecular flexibility index (Phi) is 3.17. The molecule has 9 heteroatoms. The first-order valence-electron chi connectivity index (χ1n) is 5.19. The van der Waals surface area contributed by atoms with Crippen LogP contribution in [0.2, 0.25) is 0 Å². The van der Waals surface area contributed by atoms with Gasteiger partial charge in [-0.1, -0.05) is 0 Å². The zero-order valence-electron chi connectivity index (χ0n) is 9.44. The molecule has 1 unspecified atom stereocenters. The lowest BCUT2D eigenvalue weighted by Crippen LogP contribution is -2.28. The fraction of sp³-hybridized carbons (Fsp3) is 0.300. The first-order valence-corrected chi connectivity index (χ1v) is 6.63. The molecule has 5 nitrogen and oxygen atoms in total. The maximum Gasteiger partial charge on any atom is 0.307 e. The van der Waals surface area contributed by atoms with Crippen LogP contribution in [0.5, 0.6) is 0 Å². The summed E-state index contributed by atoms with van der Waals surface area (Å²) >= 11 is 0. The lowest BCUT2D eigenvalue weighted by molar-refractivity contribution is -0.117. The smallest absolute Gasteiger partial charge is 0.307 e. The van der Waals surface area contributed by atoms with E-state index in [2.05, 4.69) is 0 Å². The molecular formula is C10H9F3N2O3S. The highest BCUT2D eigenvalue weighted by Crippen LogP contribution is 2.32. The Balaban J connectivity index is 2.39. The number of hydrogen-bond acceptors (Lipinski definition) is 4. The van der Waals surface area contributed by atoms with Crippen molar-refractivity contribution in [3.8, 4) is 0 Å². The zero-order valence-corrected chi connectivity index (χ0v) is 10.3. The van der Waals surface area contributed by atoms with Gasteiger partial charge in [-0.3, -0.25) is 4.79 Å². The molecule has 0 aromatic heterocycles. The molecule has 104 valence electrons. The molecule has 1 amide bonds. The van der Waals surface area contributed by atoms with E-state index >= 15 is 0 Å². The number of carbonyl (C=O) groups is 1. The van der Waals surface area contributed by atoms with Gasteiger partial charge in [0, 0.05) is 13.0 Å². The van der Waals surface area contributed by atoms with Crippen LogP contribution < -0.4 is 10.6 Å². The number of anilines is 2. The van der Waals surface area contributed by atoms with Crippen molar-refractivity contribution in [2.45, 2.75) is 11.7 Å². The summed E-state index contributed by atoms with van der Waals surface area (Å²) in [5, 5.41) is -1.52. The second kappa shape index (κ2) is 4.41.